The molecule has 7 nitrogen and oxygen atoms in total. The lowest BCUT2D eigenvalue weighted by atomic mass is 10.1. The Labute approximate surface area is 209 Å². The van der Waals surface area contributed by atoms with E-state index in [2.05, 4.69) is 5.32 Å². The van der Waals surface area contributed by atoms with Crippen molar-refractivity contribution in [3.8, 4) is 0 Å². The fraction of sp³-hybridized carbons (Fsp3) is 0.364. The van der Waals surface area contributed by atoms with Crippen LogP contribution in [0.15, 0.2) is 42.5 Å². The van der Waals surface area contributed by atoms with E-state index in [9.17, 15) is 18.0 Å². The summed E-state index contributed by atoms with van der Waals surface area (Å²) in [7, 11) is -3.94. The lowest BCUT2D eigenvalue weighted by Crippen LogP contribution is -2.52. The summed E-state index contributed by atoms with van der Waals surface area (Å²) in [5.74, 6) is -0.882. The normalized spacial score (nSPS) is 12.2. The zero-order valence-corrected chi connectivity index (χ0v) is 21.6. The number of nitrogens with one attached hydrogen (secondary N) is 1. The first-order chi connectivity index (χ1) is 15.5. The highest BCUT2D eigenvalue weighted by Gasteiger charge is 2.32. The Morgan fingerprint density at radius 2 is 1.61 bits per heavy atom. The highest BCUT2D eigenvalue weighted by molar-refractivity contribution is 7.92. The lowest BCUT2D eigenvalue weighted by molar-refractivity contribution is -0.140. The molecule has 180 valence electrons. The molecular formula is C22H26Cl3N3O4S. The molecule has 11 heteroatoms. The summed E-state index contributed by atoms with van der Waals surface area (Å²) in [5, 5.41) is 3.00. The van der Waals surface area contributed by atoms with Gasteiger partial charge in [-0.2, -0.15) is 0 Å². The molecule has 2 aromatic rings. The molecule has 0 aromatic heterocycles. The summed E-state index contributed by atoms with van der Waals surface area (Å²) in [6.45, 7) is 3.53. The molecule has 0 aliphatic rings. The van der Waals surface area contributed by atoms with E-state index in [1.807, 2.05) is 30.3 Å². The van der Waals surface area contributed by atoms with Gasteiger partial charge in [0.1, 0.15) is 12.6 Å². The SMILES string of the molecule is CCNC(=O)[C@@H](CC)N(Cc1ccccc1)C(=O)CN(c1cc(Cl)c(Cl)cc1Cl)S(C)(=O)=O. The van der Waals surface area contributed by atoms with E-state index >= 15 is 0 Å². The number of carbonyl (C=O) groups excluding carboxylic acids is 2. The van der Waals surface area contributed by atoms with E-state index in [1.54, 1.807) is 13.8 Å². The Bertz CT molecular complexity index is 1100. The van der Waals surface area contributed by atoms with Gasteiger partial charge in [-0.25, -0.2) is 8.42 Å². The van der Waals surface area contributed by atoms with Gasteiger partial charge in [-0.3, -0.25) is 13.9 Å². The number of rotatable bonds is 10. The molecule has 2 rings (SSSR count). The van der Waals surface area contributed by atoms with E-state index in [4.69, 9.17) is 34.8 Å². The summed E-state index contributed by atoms with van der Waals surface area (Å²) in [6.07, 6.45) is 1.30. The van der Waals surface area contributed by atoms with Crippen LogP contribution in [0.3, 0.4) is 0 Å². The first kappa shape index (κ1) is 27.2. The van der Waals surface area contributed by atoms with Crippen molar-refractivity contribution < 1.29 is 18.0 Å². The van der Waals surface area contributed by atoms with E-state index in [0.29, 0.717) is 13.0 Å². The van der Waals surface area contributed by atoms with Gasteiger partial charge in [0.25, 0.3) is 0 Å². The number of likely N-dealkylation sites (N-methyl/N-ethyl adjacent to an activating group) is 1. The smallest absolute Gasteiger partial charge is 0.244 e. The van der Waals surface area contributed by atoms with E-state index < -0.39 is 28.5 Å². The average Bonchev–Trinajstić information content (AvgIpc) is 2.74. The van der Waals surface area contributed by atoms with Crippen LogP contribution in [0.2, 0.25) is 15.1 Å². The van der Waals surface area contributed by atoms with Crippen LogP contribution in [0, 0.1) is 0 Å². The molecule has 0 saturated carbocycles. The molecule has 0 saturated heterocycles. The number of hydrogen-bond acceptors (Lipinski definition) is 4. The number of nitrogens with zero attached hydrogens (tertiary/aromatic N) is 2. The van der Waals surface area contributed by atoms with Gasteiger partial charge in [0, 0.05) is 13.1 Å². The van der Waals surface area contributed by atoms with Crippen molar-refractivity contribution in [2.75, 3.05) is 23.7 Å². The largest absolute Gasteiger partial charge is 0.355 e. The molecular weight excluding hydrogens is 509 g/mol. The van der Waals surface area contributed by atoms with Crippen LogP contribution >= 0.6 is 34.8 Å². The Morgan fingerprint density at radius 3 is 2.15 bits per heavy atom. The monoisotopic (exact) mass is 533 g/mol. The molecule has 2 aromatic carbocycles. The van der Waals surface area contributed by atoms with E-state index in [-0.39, 0.29) is 33.2 Å². The van der Waals surface area contributed by atoms with Gasteiger partial charge in [-0.05, 0) is 31.0 Å². The van der Waals surface area contributed by atoms with Crippen LogP contribution in [-0.2, 0) is 26.2 Å². The van der Waals surface area contributed by atoms with Crippen molar-refractivity contribution in [2.45, 2.75) is 32.9 Å². The maximum absolute atomic E-state index is 13.5. The van der Waals surface area contributed by atoms with Crippen LogP contribution in [-0.4, -0.2) is 50.5 Å². The van der Waals surface area contributed by atoms with Crippen molar-refractivity contribution in [2.24, 2.45) is 0 Å². The van der Waals surface area contributed by atoms with Crippen molar-refractivity contribution in [3.05, 3.63) is 63.1 Å². The molecule has 33 heavy (non-hydrogen) atoms. The van der Waals surface area contributed by atoms with Crippen LogP contribution in [0.1, 0.15) is 25.8 Å². The van der Waals surface area contributed by atoms with E-state index in [0.717, 1.165) is 16.1 Å². The molecule has 0 radical (unpaired) electrons. The van der Waals surface area contributed by atoms with Crippen LogP contribution in [0.25, 0.3) is 0 Å². The summed E-state index contributed by atoms with van der Waals surface area (Å²) in [6, 6.07) is 11.0. The Morgan fingerprint density at radius 1 is 1.00 bits per heavy atom. The van der Waals surface area contributed by atoms with E-state index in [1.165, 1.54) is 17.0 Å². The van der Waals surface area contributed by atoms with Crippen molar-refractivity contribution in [1.29, 1.82) is 0 Å². The standard InChI is InChI=1S/C22H26Cl3N3O4S/c1-4-19(22(30)26-5-2)27(13-15-9-7-6-8-10-15)21(29)14-28(33(3,31)32)20-12-17(24)16(23)11-18(20)25/h6-12,19H,4-5,13-14H2,1-3H3,(H,26,30)/t19-/m1/s1. The first-order valence-corrected chi connectivity index (χ1v) is 13.2. The number of benzene rings is 2. The molecule has 1 N–H and O–H groups in total. The van der Waals surface area contributed by atoms with Gasteiger partial charge in [0.05, 0.1) is 27.0 Å². The van der Waals surface area contributed by atoms with Crippen LogP contribution in [0.5, 0.6) is 0 Å². The summed E-state index contributed by atoms with van der Waals surface area (Å²) in [4.78, 5) is 27.6. The number of halogens is 3. The number of amides is 2. The molecule has 0 spiro atoms. The average molecular weight is 535 g/mol. The number of sulfonamides is 1. The second kappa shape index (κ2) is 11.9. The van der Waals surface area contributed by atoms with Crippen LogP contribution in [0.4, 0.5) is 5.69 Å². The van der Waals surface area contributed by atoms with Crippen molar-refractivity contribution in [3.63, 3.8) is 0 Å². The maximum Gasteiger partial charge on any atom is 0.244 e. The molecule has 1 atom stereocenters. The number of anilines is 1. The molecule has 0 heterocycles. The maximum atomic E-state index is 13.5. The lowest BCUT2D eigenvalue weighted by Gasteiger charge is -2.33. The van der Waals surface area contributed by atoms with Gasteiger partial charge in [-0.1, -0.05) is 72.1 Å². The Balaban J connectivity index is 2.48. The molecule has 0 bridgehead atoms. The predicted molar refractivity (Wildman–Crippen MR) is 133 cm³/mol. The minimum atomic E-state index is -3.94. The summed E-state index contributed by atoms with van der Waals surface area (Å²) < 4.78 is 26.1. The van der Waals surface area contributed by atoms with Gasteiger partial charge in [0.2, 0.25) is 21.8 Å². The molecule has 0 aliphatic carbocycles. The highest BCUT2D eigenvalue weighted by Crippen LogP contribution is 2.35. The zero-order valence-electron chi connectivity index (χ0n) is 18.5. The molecule has 2 amide bonds. The minimum absolute atomic E-state index is 0.0210. The van der Waals surface area contributed by atoms with Gasteiger partial charge < -0.3 is 10.2 Å². The Kier molecular flexibility index (Phi) is 9.84. The quantitative estimate of drug-likeness (QED) is 0.459. The first-order valence-electron chi connectivity index (χ1n) is 10.2. The molecule has 0 aliphatic heterocycles. The predicted octanol–water partition coefficient (Wildman–Crippen LogP) is 4.36. The van der Waals surface area contributed by atoms with Gasteiger partial charge in [0.15, 0.2) is 0 Å². The molecule has 0 unspecified atom stereocenters. The molecule has 0 fully saturated rings. The minimum Gasteiger partial charge on any atom is -0.355 e. The topological polar surface area (TPSA) is 86.8 Å². The summed E-state index contributed by atoms with van der Waals surface area (Å²) >= 11 is 18.3. The van der Waals surface area contributed by atoms with Crippen molar-refractivity contribution >= 4 is 62.3 Å². The highest BCUT2D eigenvalue weighted by atomic mass is 35.5. The third kappa shape index (κ3) is 7.24. The van der Waals surface area contributed by atoms with Crippen molar-refractivity contribution in [1.82, 2.24) is 10.2 Å². The van der Waals surface area contributed by atoms with Gasteiger partial charge >= 0.3 is 0 Å². The third-order valence-corrected chi connectivity index (χ3v) is 7.02. The second-order valence-corrected chi connectivity index (χ2v) is 10.4. The third-order valence-electron chi connectivity index (χ3n) is 4.87. The fourth-order valence-corrected chi connectivity index (χ4v) is 4.84. The Hall–Kier alpha value is -2.00. The second-order valence-electron chi connectivity index (χ2n) is 7.31. The number of carbonyl (C=O) groups is 2. The fourth-order valence-electron chi connectivity index (χ4n) is 3.29. The zero-order chi connectivity index (χ0) is 24.8. The van der Waals surface area contributed by atoms with Gasteiger partial charge in [-0.15, -0.1) is 0 Å². The number of hydrogen-bond donors (Lipinski definition) is 1. The summed E-state index contributed by atoms with van der Waals surface area (Å²) in [5.41, 5.74) is 0.819. The van der Waals surface area contributed by atoms with Crippen LogP contribution < -0.4 is 9.62 Å².